The van der Waals surface area contributed by atoms with Crippen molar-refractivity contribution < 1.29 is 9.53 Å². The molecule has 1 aromatic carbocycles. The maximum absolute atomic E-state index is 11.8. The van der Waals surface area contributed by atoms with E-state index < -0.39 is 0 Å². The first-order valence-electron chi connectivity index (χ1n) is 5.91. The average molecular weight is 311 g/mol. The first-order chi connectivity index (χ1) is 9.19. The first kappa shape index (κ1) is 13.0. The lowest BCUT2D eigenvalue weighted by molar-refractivity contribution is 0.0532. The molecule has 0 atom stereocenters. The predicted molar refractivity (Wildman–Crippen MR) is 80.3 cm³/mol. The van der Waals surface area contributed by atoms with Crippen LogP contribution >= 0.6 is 34.7 Å². The molecule has 0 spiro atoms. The predicted octanol–water partition coefficient (Wildman–Crippen LogP) is 4.85. The Hall–Kier alpha value is -0.970. The normalized spacial score (nSPS) is 12.7. The second kappa shape index (κ2) is 5.19. The van der Waals surface area contributed by atoms with Crippen LogP contribution in [0.5, 0.6) is 0 Å². The van der Waals surface area contributed by atoms with Gasteiger partial charge < -0.3 is 4.74 Å². The highest BCUT2D eigenvalue weighted by Crippen LogP contribution is 2.46. The van der Waals surface area contributed by atoms with E-state index in [1.54, 1.807) is 11.8 Å². The van der Waals surface area contributed by atoms with Gasteiger partial charge in [0.1, 0.15) is 4.88 Å². The quantitative estimate of drug-likeness (QED) is 0.742. The minimum atomic E-state index is -0.240. The van der Waals surface area contributed by atoms with Crippen molar-refractivity contribution in [2.45, 2.75) is 17.6 Å². The van der Waals surface area contributed by atoms with E-state index >= 15 is 0 Å². The number of halogens is 1. The van der Waals surface area contributed by atoms with Crippen LogP contribution in [0.2, 0.25) is 5.02 Å². The lowest BCUT2D eigenvalue weighted by atomic mass is 10.1. The van der Waals surface area contributed by atoms with Gasteiger partial charge in [0.15, 0.2) is 0 Å². The van der Waals surface area contributed by atoms with Gasteiger partial charge in [-0.05, 0) is 36.8 Å². The van der Waals surface area contributed by atoms with E-state index in [0.29, 0.717) is 11.5 Å². The SMILES string of the molecule is CCOC(=O)c1cc2c(s1)-c1cc(Cl)ccc1SC2. The summed E-state index contributed by atoms with van der Waals surface area (Å²) < 4.78 is 5.06. The molecular weight excluding hydrogens is 300 g/mol. The van der Waals surface area contributed by atoms with Gasteiger partial charge in [-0.1, -0.05) is 11.6 Å². The molecule has 5 heteroatoms. The molecule has 2 aromatic rings. The molecule has 1 aromatic heterocycles. The molecule has 19 heavy (non-hydrogen) atoms. The van der Waals surface area contributed by atoms with Crippen molar-refractivity contribution in [1.29, 1.82) is 0 Å². The Bertz CT molecular complexity index is 649. The van der Waals surface area contributed by atoms with Gasteiger partial charge >= 0.3 is 5.97 Å². The van der Waals surface area contributed by atoms with Gasteiger partial charge in [0.25, 0.3) is 0 Å². The van der Waals surface area contributed by atoms with E-state index in [4.69, 9.17) is 16.3 Å². The molecule has 2 heterocycles. The van der Waals surface area contributed by atoms with Crippen LogP contribution in [0.3, 0.4) is 0 Å². The van der Waals surface area contributed by atoms with Gasteiger partial charge in [0.05, 0.1) is 6.61 Å². The van der Waals surface area contributed by atoms with Crippen molar-refractivity contribution in [2.24, 2.45) is 0 Å². The molecule has 1 aliphatic heterocycles. The van der Waals surface area contributed by atoms with Crippen LogP contribution < -0.4 is 0 Å². The number of rotatable bonds is 2. The Labute approximate surface area is 124 Å². The molecule has 3 rings (SSSR count). The Balaban J connectivity index is 2.06. The van der Waals surface area contributed by atoms with E-state index in [0.717, 1.165) is 21.2 Å². The summed E-state index contributed by atoms with van der Waals surface area (Å²) >= 11 is 9.33. The summed E-state index contributed by atoms with van der Waals surface area (Å²) in [6.45, 7) is 2.22. The average Bonchev–Trinajstić information content (AvgIpc) is 2.83. The molecule has 2 nitrogen and oxygen atoms in total. The molecule has 0 radical (unpaired) electrons. The van der Waals surface area contributed by atoms with Crippen molar-refractivity contribution in [3.05, 3.63) is 39.7 Å². The van der Waals surface area contributed by atoms with Gasteiger partial charge in [-0.25, -0.2) is 4.79 Å². The number of thiophene rings is 1. The molecule has 98 valence electrons. The smallest absolute Gasteiger partial charge is 0.348 e. The third-order valence-corrected chi connectivity index (χ3v) is 5.40. The zero-order valence-electron chi connectivity index (χ0n) is 10.2. The molecule has 0 amide bonds. The highest BCUT2D eigenvalue weighted by molar-refractivity contribution is 7.98. The van der Waals surface area contributed by atoms with Crippen LogP contribution in [-0.2, 0) is 10.5 Å². The van der Waals surface area contributed by atoms with Crippen molar-refractivity contribution >= 4 is 40.7 Å². The first-order valence-corrected chi connectivity index (χ1v) is 8.09. The second-order valence-corrected chi connectivity index (χ2v) is 6.62. The van der Waals surface area contributed by atoms with Crippen LogP contribution in [0.25, 0.3) is 10.4 Å². The molecular formula is C14H11ClO2S2. The fourth-order valence-electron chi connectivity index (χ4n) is 2.03. The molecule has 0 saturated carbocycles. The van der Waals surface area contributed by atoms with Gasteiger partial charge in [-0.2, -0.15) is 0 Å². The molecule has 1 aliphatic rings. The fourth-order valence-corrected chi connectivity index (χ4v) is 4.48. The third kappa shape index (κ3) is 2.40. The number of ether oxygens (including phenoxy) is 1. The summed E-state index contributed by atoms with van der Waals surface area (Å²) in [5.41, 5.74) is 2.31. The van der Waals surface area contributed by atoms with E-state index in [9.17, 15) is 4.79 Å². The van der Waals surface area contributed by atoms with Crippen molar-refractivity contribution in [1.82, 2.24) is 0 Å². The minimum Gasteiger partial charge on any atom is -0.462 e. The molecule has 0 bridgehead atoms. The number of carbonyl (C=O) groups is 1. The topological polar surface area (TPSA) is 26.3 Å². The summed E-state index contributed by atoms with van der Waals surface area (Å²) in [5, 5.41) is 0.721. The Morgan fingerprint density at radius 2 is 2.26 bits per heavy atom. The number of benzene rings is 1. The summed E-state index contributed by atoms with van der Waals surface area (Å²) in [6.07, 6.45) is 0. The molecule has 0 N–H and O–H groups in total. The third-order valence-electron chi connectivity index (χ3n) is 2.86. The molecule has 0 saturated heterocycles. The van der Waals surface area contributed by atoms with Crippen LogP contribution in [0, 0.1) is 0 Å². The maximum Gasteiger partial charge on any atom is 0.348 e. The van der Waals surface area contributed by atoms with Crippen LogP contribution in [0.1, 0.15) is 22.2 Å². The maximum atomic E-state index is 11.8. The zero-order valence-corrected chi connectivity index (χ0v) is 12.6. The summed E-state index contributed by atoms with van der Waals surface area (Å²) in [4.78, 5) is 14.8. The Morgan fingerprint density at radius 1 is 1.42 bits per heavy atom. The highest BCUT2D eigenvalue weighted by atomic mass is 35.5. The zero-order chi connectivity index (χ0) is 13.4. The van der Waals surface area contributed by atoms with E-state index in [-0.39, 0.29) is 5.97 Å². The number of carbonyl (C=O) groups excluding carboxylic acids is 1. The number of fused-ring (bicyclic) bond motifs is 3. The van der Waals surface area contributed by atoms with Crippen molar-refractivity contribution in [2.75, 3.05) is 6.61 Å². The van der Waals surface area contributed by atoms with Gasteiger partial charge in [0.2, 0.25) is 0 Å². The molecule has 0 aliphatic carbocycles. The van der Waals surface area contributed by atoms with Crippen LogP contribution in [-0.4, -0.2) is 12.6 Å². The molecule has 0 fully saturated rings. The second-order valence-electron chi connectivity index (χ2n) is 4.11. The summed E-state index contributed by atoms with van der Waals surface area (Å²) in [7, 11) is 0. The number of hydrogen-bond acceptors (Lipinski definition) is 4. The fraction of sp³-hybridized carbons (Fsp3) is 0.214. The summed E-state index contributed by atoms with van der Waals surface area (Å²) in [6, 6.07) is 7.84. The van der Waals surface area contributed by atoms with Crippen LogP contribution in [0.15, 0.2) is 29.2 Å². The van der Waals surface area contributed by atoms with Gasteiger partial charge in [0, 0.05) is 26.1 Å². The summed E-state index contributed by atoms with van der Waals surface area (Å²) in [5.74, 6) is 0.648. The van der Waals surface area contributed by atoms with E-state index in [1.807, 2.05) is 31.2 Å². The number of thioether (sulfide) groups is 1. The monoisotopic (exact) mass is 310 g/mol. The van der Waals surface area contributed by atoms with Crippen molar-refractivity contribution in [3.8, 4) is 10.4 Å². The highest BCUT2D eigenvalue weighted by Gasteiger charge is 2.22. The van der Waals surface area contributed by atoms with Gasteiger partial charge in [-0.15, -0.1) is 23.1 Å². The van der Waals surface area contributed by atoms with E-state index in [1.165, 1.54) is 21.8 Å². The lowest BCUT2D eigenvalue weighted by Crippen LogP contribution is -2.01. The van der Waals surface area contributed by atoms with Crippen LogP contribution in [0.4, 0.5) is 0 Å². The Kier molecular flexibility index (Phi) is 3.56. The number of esters is 1. The van der Waals surface area contributed by atoms with Gasteiger partial charge in [-0.3, -0.25) is 0 Å². The number of hydrogen-bond donors (Lipinski definition) is 0. The Morgan fingerprint density at radius 3 is 3.05 bits per heavy atom. The standard InChI is InChI=1S/C14H11ClO2S2/c1-2-17-14(16)12-5-8-7-18-11-4-3-9(15)6-10(11)13(8)19-12/h3-6H,2,7H2,1H3. The van der Waals surface area contributed by atoms with E-state index in [2.05, 4.69) is 0 Å². The van der Waals surface area contributed by atoms with Crippen molar-refractivity contribution in [3.63, 3.8) is 0 Å². The largest absolute Gasteiger partial charge is 0.462 e. The minimum absolute atomic E-state index is 0.240. The lowest BCUT2D eigenvalue weighted by Gasteiger charge is -2.15. The molecule has 0 unspecified atom stereocenters.